The molecule has 0 fully saturated rings. The Morgan fingerprint density at radius 3 is 2.55 bits per heavy atom. The standard InChI is InChI=1S/C17H24BrNO3/c1-3-4-5-6-9-12-22-17(21)13(2)19-16(20)14-10-7-8-11-15(14)18/h7-8,10-11,13H,3-6,9,12H2,1-2H3,(H,19,20). The summed E-state index contributed by atoms with van der Waals surface area (Å²) in [7, 11) is 0. The SMILES string of the molecule is CCCCCCCOC(=O)C(C)NC(=O)c1ccccc1Br. The second kappa shape index (κ2) is 10.4. The molecule has 0 aliphatic heterocycles. The second-order valence-corrected chi connectivity index (χ2v) is 6.11. The Morgan fingerprint density at radius 2 is 1.86 bits per heavy atom. The lowest BCUT2D eigenvalue weighted by Gasteiger charge is -2.14. The number of hydrogen-bond acceptors (Lipinski definition) is 3. The molecular weight excluding hydrogens is 346 g/mol. The summed E-state index contributed by atoms with van der Waals surface area (Å²) in [6.07, 6.45) is 5.52. The number of nitrogens with one attached hydrogen (secondary N) is 1. The number of unbranched alkanes of at least 4 members (excludes halogenated alkanes) is 4. The van der Waals surface area contributed by atoms with E-state index in [2.05, 4.69) is 28.2 Å². The van der Waals surface area contributed by atoms with Crippen molar-refractivity contribution in [2.24, 2.45) is 0 Å². The zero-order valence-electron chi connectivity index (χ0n) is 13.2. The molecule has 0 spiro atoms. The molecule has 1 amide bonds. The summed E-state index contributed by atoms with van der Waals surface area (Å²) < 4.78 is 5.88. The molecule has 0 saturated carbocycles. The maximum absolute atomic E-state index is 12.1. The highest BCUT2D eigenvalue weighted by Gasteiger charge is 2.18. The number of ether oxygens (including phenoxy) is 1. The Kier molecular flexibility index (Phi) is 8.82. The molecular formula is C17H24BrNO3. The Balaban J connectivity index is 2.32. The lowest BCUT2D eigenvalue weighted by molar-refractivity contribution is -0.145. The number of benzene rings is 1. The molecule has 1 unspecified atom stereocenters. The van der Waals surface area contributed by atoms with Crippen LogP contribution < -0.4 is 5.32 Å². The fourth-order valence-corrected chi connectivity index (χ4v) is 2.45. The van der Waals surface area contributed by atoms with Gasteiger partial charge in [-0.05, 0) is 41.4 Å². The molecule has 0 bridgehead atoms. The first-order chi connectivity index (χ1) is 10.6. The van der Waals surface area contributed by atoms with Gasteiger partial charge in [0.15, 0.2) is 0 Å². The van der Waals surface area contributed by atoms with Crippen LogP contribution in [0, 0.1) is 0 Å². The molecule has 0 aromatic heterocycles. The number of amides is 1. The van der Waals surface area contributed by atoms with E-state index < -0.39 is 12.0 Å². The topological polar surface area (TPSA) is 55.4 Å². The average molecular weight is 370 g/mol. The first-order valence-electron chi connectivity index (χ1n) is 7.78. The number of hydrogen-bond donors (Lipinski definition) is 1. The second-order valence-electron chi connectivity index (χ2n) is 5.26. The molecule has 0 aliphatic rings. The molecule has 1 atom stereocenters. The predicted octanol–water partition coefficient (Wildman–Crippen LogP) is 4.08. The maximum atomic E-state index is 12.1. The average Bonchev–Trinajstić information content (AvgIpc) is 2.50. The van der Waals surface area contributed by atoms with Gasteiger partial charge < -0.3 is 10.1 Å². The highest BCUT2D eigenvalue weighted by atomic mass is 79.9. The quantitative estimate of drug-likeness (QED) is 0.526. The molecule has 0 heterocycles. The third-order valence-electron chi connectivity index (χ3n) is 3.31. The number of rotatable bonds is 9. The summed E-state index contributed by atoms with van der Waals surface area (Å²) in [5, 5.41) is 2.65. The van der Waals surface area contributed by atoms with Gasteiger partial charge in [0.05, 0.1) is 12.2 Å². The van der Waals surface area contributed by atoms with E-state index in [1.165, 1.54) is 19.3 Å². The highest BCUT2D eigenvalue weighted by Crippen LogP contribution is 2.15. The molecule has 1 rings (SSSR count). The molecule has 0 aliphatic carbocycles. The van der Waals surface area contributed by atoms with Crippen LogP contribution in [-0.4, -0.2) is 24.5 Å². The van der Waals surface area contributed by atoms with Crippen LogP contribution in [0.4, 0.5) is 0 Å². The smallest absolute Gasteiger partial charge is 0.328 e. The van der Waals surface area contributed by atoms with E-state index >= 15 is 0 Å². The van der Waals surface area contributed by atoms with E-state index in [0.717, 1.165) is 12.8 Å². The molecule has 1 aromatic rings. The van der Waals surface area contributed by atoms with Gasteiger partial charge in [-0.15, -0.1) is 0 Å². The number of carbonyl (C=O) groups excluding carboxylic acids is 2. The number of halogens is 1. The van der Waals surface area contributed by atoms with E-state index in [4.69, 9.17) is 4.74 Å². The van der Waals surface area contributed by atoms with Gasteiger partial charge in [-0.2, -0.15) is 0 Å². The van der Waals surface area contributed by atoms with Crippen LogP contribution in [0.5, 0.6) is 0 Å². The van der Waals surface area contributed by atoms with Gasteiger partial charge in [-0.3, -0.25) is 4.79 Å². The van der Waals surface area contributed by atoms with Gasteiger partial charge in [-0.25, -0.2) is 4.79 Å². The monoisotopic (exact) mass is 369 g/mol. The zero-order chi connectivity index (χ0) is 16.4. The van der Waals surface area contributed by atoms with Crippen molar-refractivity contribution in [3.05, 3.63) is 34.3 Å². The molecule has 1 aromatic carbocycles. The molecule has 122 valence electrons. The van der Waals surface area contributed by atoms with Gasteiger partial charge in [0.2, 0.25) is 0 Å². The van der Waals surface area contributed by atoms with E-state index in [9.17, 15) is 9.59 Å². The van der Waals surface area contributed by atoms with E-state index in [1.807, 2.05) is 6.07 Å². The van der Waals surface area contributed by atoms with Crippen molar-refractivity contribution >= 4 is 27.8 Å². The molecule has 0 saturated heterocycles. The Morgan fingerprint density at radius 1 is 1.18 bits per heavy atom. The third kappa shape index (κ3) is 6.60. The van der Waals surface area contributed by atoms with Crippen LogP contribution >= 0.6 is 15.9 Å². The van der Waals surface area contributed by atoms with Gasteiger partial charge in [0, 0.05) is 4.47 Å². The van der Waals surface area contributed by atoms with Crippen molar-refractivity contribution in [2.75, 3.05) is 6.61 Å². The molecule has 5 heteroatoms. The summed E-state index contributed by atoms with van der Waals surface area (Å²) in [5.41, 5.74) is 0.502. The number of esters is 1. The summed E-state index contributed by atoms with van der Waals surface area (Å²) in [5.74, 6) is -0.684. The van der Waals surface area contributed by atoms with Gasteiger partial charge in [-0.1, -0.05) is 44.7 Å². The van der Waals surface area contributed by atoms with Crippen LogP contribution in [0.2, 0.25) is 0 Å². The molecule has 4 nitrogen and oxygen atoms in total. The minimum Gasteiger partial charge on any atom is -0.464 e. The van der Waals surface area contributed by atoms with Crippen molar-refractivity contribution in [3.8, 4) is 0 Å². The van der Waals surface area contributed by atoms with E-state index in [1.54, 1.807) is 25.1 Å². The third-order valence-corrected chi connectivity index (χ3v) is 4.00. The fraction of sp³-hybridized carbons (Fsp3) is 0.529. The Hall–Kier alpha value is -1.36. The lowest BCUT2D eigenvalue weighted by atomic mass is 10.2. The summed E-state index contributed by atoms with van der Waals surface area (Å²) in [6, 6.07) is 6.44. The molecule has 1 N–H and O–H groups in total. The number of carbonyl (C=O) groups is 2. The Bertz CT molecular complexity index is 491. The van der Waals surface area contributed by atoms with Crippen LogP contribution in [0.3, 0.4) is 0 Å². The van der Waals surface area contributed by atoms with Crippen molar-refractivity contribution in [1.29, 1.82) is 0 Å². The van der Waals surface area contributed by atoms with Crippen LogP contribution in [-0.2, 0) is 9.53 Å². The minimum absolute atomic E-state index is 0.292. The van der Waals surface area contributed by atoms with Gasteiger partial charge in [0.25, 0.3) is 5.91 Å². The minimum atomic E-state index is -0.657. The molecule has 0 radical (unpaired) electrons. The fourth-order valence-electron chi connectivity index (χ4n) is 1.98. The lowest BCUT2D eigenvalue weighted by Crippen LogP contribution is -2.39. The first-order valence-corrected chi connectivity index (χ1v) is 8.57. The Labute approximate surface area is 140 Å². The normalized spacial score (nSPS) is 11.8. The van der Waals surface area contributed by atoms with Crippen molar-refractivity contribution in [3.63, 3.8) is 0 Å². The van der Waals surface area contributed by atoms with Crippen molar-refractivity contribution in [2.45, 2.75) is 52.0 Å². The van der Waals surface area contributed by atoms with Crippen LogP contribution in [0.15, 0.2) is 28.7 Å². The summed E-state index contributed by atoms with van der Waals surface area (Å²) in [6.45, 7) is 4.21. The largest absolute Gasteiger partial charge is 0.464 e. The summed E-state index contributed by atoms with van der Waals surface area (Å²) >= 11 is 3.32. The molecule has 22 heavy (non-hydrogen) atoms. The predicted molar refractivity (Wildman–Crippen MR) is 90.8 cm³/mol. The zero-order valence-corrected chi connectivity index (χ0v) is 14.8. The highest BCUT2D eigenvalue weighted by molar-refractivity contribution is 9.10. The first kappa shape index (κ1) is 18.7. The van der Waals surface area contributed by atoms with Crippen molar-refractivity contribution in [1.82, 2.24) is 5.32 Å². The maximum Gasteiger partial charge on any atom is 0.328 e. The van der Waals surface area contributed by atoms with E-state index in [-0.39, 0.29) is 5.91 Å². The summed E-state index contributed by atoms with van der Waals surface area (Å²) in [4.78, 5) is 23.9. The van der Waals surface area contributed by atoms with Crippen LogP contribution in [0.1, 0.15) is 56.3 Å². The van der Waals surface area contributed by atoms with Gasteiger partial charge in [0.1, 0.15) is 6.04 Å². The van der Waals surface area contributed by atoms with Crippen molar-refractivity contribution < 1.29 is 14.3 Å². The van der Waals surface area contributed by atoms with Crippen LogP contribution in [0.25, 0.3) is 0 Å². The van der Waals surface area contributed by atoms with E-state index in [0.29, 0.717) is 16.6 Å². The van der Waals surface area contributed by atoms with Gasteiger partial charge >= 0.3 is 5.97 Å².